The van der Waals surface area contributed by atoms with Crippen LogP contribution in [-0.4, -0.2) is 9.13 Å². The van der Waals surface area contributed by atoms with Crippen LogP contribution in [0.1, 0.15) is 5.56 Å². The first kappa shape index (κ1) is 27.2. The predicted octanol–water partition coefficient (Wildman–Crippen LogP) is 12.7. The zero-order valence-corrected chi connectivity index (χ0v) is 27.2. The van der Waals surface area contributed by atoms with Gasteiger partial charge in [-0.25, -0.2) is 0 Å². The van der Waals surface area contributed by atoms with Crippen LogP contribution in [0.2, 0.25) is 0 Å². The second-order valence-corrected chi connectivity index (χ2v) is 13.8. The number of fused-ring (bicyclic) bond motifs is 7. The Hall–Kier alpha value is -5.90. The smallest absolute Gasteiger partial charge is 0.0548 e. The van der Waals surface area contributed by atoms with Crippen LogP contribution in [0.4, 0.5) is 0 Å². The molecule has 3 heterocycles. The van der Waals surface area contributed by atoms with Gasteiger partial charge < -0.3 is 9.13 Å². The van der Waals surface area contributed by atoms with Gasteiger partial charge in [0.15, 0.2) is 0 Å². The average molecular weight is 631 g/mol. The normalized spacial score (nSPS) is 11.9. The van der Waals surface area contributed by atoms with Crippen molar-refractivity contribution in [1.82, 2.24) is 9.13 Å². The summed E-state index contributed by atoms with van der Waals surface area (Å²) in [5.74, 6) is 0. The van der Waals surface area contributed by atoms with Crippen LogP contribution in [0.3, 0.4) is 0 Å². The number of para-hydroxylation sites is 3. The molecule has 0 aliphatic rings. The van der Waals surface area contributed by atoms with Crippen molar-refractivity contribution in [3.8, 4) is 32.9 Å². The van der Waals surface area contributed by atoms with Gasteiger partial charge in [0.2, 0.25) is 0 Å². The fourth-order valence-electron chi connectivity index (χ4n) is 7.53. The molecule has 0 saturated heterocycles. The number of hydrogen-bond acceptors (Lipinski definition) is 1. The molecule has 0 aliphatic carbocycles. The summed E-state index contributed by atoms with van der Waals surface area (Å²) in [6.45, 7) is 2.14. The highest BCUT2D eigenvalue weighted by atomic mass is 32.1. The fraction of sp³-hybridized carbons (Fsp3) is 0.0222. The van der Waals surface area contributed by atoms with Gasteiger partial charge in [-0.2, -0.15) is 0 Å². The van der Waals surface area contributed by atoms with Crippen LogP contribution in [0, 0.1) is 6.92 Å². The highest BCUT2D eigenvalue weighted by molar-refractivity contribution is 7.22. The van der Waals surface area contributed by atoms with Crippen LogP contribution >= 0.6 is 11.3 Å². The summed E-state index contributed by atoms with van der Waals surface area (Å²) < 4.78 is 6.15. The topological polar surface area (TPSA) is 9.86 Å². The van der Waals surface area contributed by atoms with E-state index in [1.54, 1.807) is 0 Å². The summed E-state index contributed by atoms with van der Waals surface area (Å²) in [4.78, 5) is 1.28. The van der Waals surface area contributed by atoms with E-state index in [9.17, 15) is 0 Å². The Morgan fingerprint density at radius 1 is 0.438 bits per heavy atom. The molecule has 0 spiro atoms. The van der Waals surface area contributed by atoms with E-state index in [0.29, 0.717) is 0 Å². The van der Waals surface area contributed by atoms with Crippen molar-refractivity contribution in [2.24, 2.45) is 0 Å². The van der Waals surface area contributed by atoms with Gasteiger partial charge in [0.05, 0.1) is 27.8 Å². The van der Waals surface area contributed by atoms with E-state index < -0.39 is 0 Å². The molecular formula is C45H30N2S. The molecule has 0 aliphatic heterocycles. The van der Waals surface area contributed by atoms with Crippen LogP contribution in [0.25, 0.3) is 86.6 Å². The lowest BCUT2D eigenvalue weighted by Gasteiger charge is -2.13. The van der Waals surface area contributed by atoms with Crippen LogP contribution in [0.15, 0.2) is 164 Å². The molecule has 10 rings (SSSR count). The lowest BCUT2D eigenvalue weighted by atomic mass is 10.0. The van der Waals surface area contributed by atoms with E-state index in [0.717, 1.165) is 0 Å². The molecule has 7 aromatic carbocycles. The van der Waals surface area contributed by atoms with E-state index >= 15 is 0 Å². The molecule has 3 aromatic heterocycles. The number of rotatable bonds is 4. The standard InChI is InChI=1S/C45H30N2S/c1-29-18-22-33(23-19-29)46-39-14-6-3-11-34(39)37-26-30(20-24-42(37)46)31-21-25-43-38(27-31)35-12-4-7-15-40(35)47(43)41-16-8-5-13-36(41)45-28-32-10-2-9-17-44(32)48-45/h2-28H,1H3. The van der Waals surface area contributed by atoms with Crippen molar-refractivity contribution < 1.29 is 0 Å². The summed E-state index contributed by atoms with van der Waals surface area (Å²) in [5, 5.41) is 6.35. The first-order valence-electron chi connectivity index (χ1n) is 16.4. The third-order valence-corrected chi connectivity index (χ3v) is 11.0. The molecule has 0 fully saturated rings. The van der Waals surface area contributed by atoms with Crippen LogP contribution in [-0.2, 0) is 0 Å². The molecular weight excluding hydrogens is 601 g/mol. The Balaban J connectivity index is 1.16. The van der Waals surface area contributed by atoms with Gasteiger partial charge in [0, 0.05) is 42.4 Å². The van der Waals surface area contributed by atoms with E-state index in [4.69, 9.17) is 0 Å². The molecule has 226 valence electrons. The van der Waals surface area contributed by atoms with E-state index in [-0.39, 0.29) is 0 Å². The summed E-state index contributed by atoms with van der Waals surface area (Å²) >= 11 is 1.86. The Kier molecular flexibility index (Phi) is 5.99. The maximum Gasteiger partial charge on any atom is 0.0548 e. The van der Waals surface area contributed by atoms with Gasteiger partial charge in [-0.05, 0) is 90.2 Å². The van der Waals surface area contributed by atoms with Gasteiger partial charge in [-0.15, -0.1) is 11.3 Å². The third kappa shape index (κ3) is 4.11. The maximum atomic E-state index is 2.45. The summed E-state index contributed by atoms with van der Waals surface area (Å²) in [6.07, 6.45) is 0. The van der Waals surface area contributed by atoms with E-state index in [1.165, 1.54) is 92.2 Å². The van der Waals surface area contributed by atoms with Gasteiger partial charge in [-0.1, -0.05) is 103 Å². The molecule has 0 unspecified atom stereocenters. The lowest BCUT2D eigenvalue weighted by molar-refractivity contribution is 1.17. The molecule has 0 bridgehead atoms. The Bertz CT molecular complexity index is 2810. The monoisotopic (exact) mass is 630 g/mol. The van der Waals surface area contributed by atoms with E-state index in [1.807, 2.05) is 11.3 Å². The second kappa shape index (κ2) is 10.6. The highest BCUT2D eigenvalue weighted by Gasteiger charge is 2.18. The minimum Gasteiger partial charge on any atom is -0.309 e. The minimum atomic E-state index is 1.18. The molecule has 0 atom stereocenters. The average Bonchev–Trinajstić information content (AvgIpc) is 3.82. The van der Waals surface area contributed by atoms with Crippen molar-refractivity contribution in [2.75, 3.05) is 0 Å². The van der Waals surface area contributed by atoms with Crippen molar-refractivity contribution in [3.63, 3.8) is 0 Å². The zero-order chi connectivity index (χ0) is 31.8. The number of benzene rings is 7. The molecule has 48 heavy (non-hydrogen) atoms. The van der Waals surface area contributed by atoms with Crippen molar-refractivity contribution in [1.29, 1.82) is 0 Å². The number of hydrogen-bond donors (Lipinski definition) is 0. The molecule has 0 saturated carbocycles. The minimum absolute atomic E-state index is 1.18. The van der Waals surface area contributed by atoms with Crippen LogP contribution in [0.5, 0.6) is 0 Å². The largest absolute Gasteiger partial charge is 0.309 e. The number of aryl methyl sites for hydroxylation is 1. The second-order valence-electron chi connectivity index (χ2n) is 12.7. The Morgan fingerprint density at radius 3 is 1.71 bits per heavy atom. The summed E-state index contributed by atoms with van der Waals surface area (Å²) in [7, 11) is 0. The van der Waals surface area contributed by atoms with Gasteiger partial charge in [0.25, 0.3) is 0 Å². The Labute approximate surface area is 282 Å². The van der Waals surface area contributed by atoms with Gasteiger partial charge in [0.1, 0.15) is 0 Å². The van der Waals surface area contributed by atoms with Crippen LogP contribution < -0.4 is 0 Å². The summed E-state index contributed by atoms with van der Waals surface area (Å²) in [5.41, 5.74) is 12.2. The number of nitrogens with zero attached hydrogens (tertiary/aromatic N) is 2. The maximum absolute atomic E-state index is 2.45. The molecule has 0 radical (unpaired) electrons. The van der Waals surface area contributed by atoms with E-state index in [2.05, 4.69) is 180 Å². The molecule has 0 amide bonds. The first-order valence-corrected chi connectivity index (χ1v) is 17.3. The molecule has 2 nitrogen and oxygen atoms in total. The quantitative estimate of drug-likeness (QED) is 0.183. The molecule has 0 N–H and O–H groups in total. The highest BCUT2D eigenvalue weighted by Crippen LogP contribution is 2.41. The Morgan fingerprint density at radius 2 is 1.00 bits per heavy atom. The van der Waals surface area contributed by atoms with Crippen molar-refractivity contribution in [2.45, 2.75) is 6.92 Å². The van der Waals surface area contributed by atoms with Gasteiger partial charge in [-0.3, -0.25) is 0 Å². The van der Waals surface area contributed by atoms with Crippen molar-refractivity contribution >= 4 is 65.0 Å². The fourth-order valence-corrected chi connectivity index (χ4v) is 8.62. The molecule has 3 heteroatoms. The lowest BCUT2D eigenvalue weighted by Crippen LogP contribution is -1.96. The first-order chi connectivity index (χ1) is 23.7. The number of thiophene rings is 1. The zero-order valence-electron chi connectivity index (χ0n) is 26.4. The third-order valence-electron chi connectivity index (χ3n) is 9.81. The summed E-state index contributed by atoms with van der Waals surface area (Å²) in [6, 6.07) is 60.2. The SMILES string of the molecule is Cc1ccc(-n2c3ccccc3c3cc(-c4ccc5c(c4)c4ccccc4n5-c4ccccc4-c4cc5ccccc5s4)ccc32)cc1. The number of aromatic nitrogens is 2. The predicted molar refractivity (Wildman–Crippen MR) is 206 cm³/mol. The molecule has 10 aromatic rings. The van der Waals surface area contributed by atoms with Crippen molar-refractivity contribution in [3.05, 3.63) is 169 Å². The van der Waals surface area contributed by atoms with Gasteiger partial charge >= 0.3 is 0 Å².